The third-order valence-corrected chi connectivity index (χ3v) is 9.17. The Balaban J connectivity index is 1.87. The number of nitrogen functional groups attached to an aromatic ring is 1. The lowest BCUT2D eigenvalue weighted by atomic mass is 10.0. The Bertz CT molecular complexity index is 1370. The number of nitrogens with two attached hydrogens (primary N) is 1. The SMILES string of the molecule is CC(C)CN(C[C@@H](O)[C@H](Cc1ccccc1)NC(=O)OC(C)(C)C)S(=O)(=O)c1ccc(-c2nc(N)sc2Br)cc1. The lowest BCUT2D eigenvalue weighted by Gasteiger charge is -2.31. The summed E-state index contributed by atoms with van der Waals surface area (Å²) in [5.74, 6) is -0.0124. The van der Waals surface area contributed by atoms with Gasteiger partial charge in [-0.3, -0.25) is 0 Å². The number of hydrogen-bond acceptors (Lipinski definition) is 8. The number of ether oxygens (including phenoxy) is 1. The number of thiazole rings is 1. The Hall–Kier alpha value is -2.51. The quantitative estimate of drug-likeness (QED) is 0.256. The summed E-state index contributed by atoms with van der Waals surface area (Å²) in [7, 11) is -3.98. The second kappa shape index (κ2) is 13.4. The summed E-state index contributed by atoms with van der Waals surface area (Å²) in [4.78, 5) is 17.0. The number of sulfonamides is 1. The zero-order valence-corrected chi connectivity index (χ0v) is 26.5. The molecule has 1 amide bonds. The first kappa shape index (κ1) is 32.0. The van der Waals surface area contributed by atoms with Crippen molar-refractivity contribution in [1.29, 1.82) is 0 Å². The monoisotopic (exact) mass is 652 g/mol. The molecule has 0 unspecified atom stereocenters. The average molecular weight is 654 g/mol. The second-order valence-corrected chi connectivity index (χ2v) is 15.2. The van der Waals surface area contributed by atoms with Gasteiger partial charge in [0.2, 0.25) is 10.0 Å². The molecule has 1 heterocycles. The van der Waals surface area contributed by atoms with Gasteiger partial charge in [-0.05, 0) is 66.7 Å². The molecule has 2 aromatic carbocycles. The highest BCUT2D eigenvalue weighted by Gasteiger charge is 2.32. The molecule has 40 heavy (non-hydrogen) atoms. The van der Waals surface area contributed by atoms with Gasteiger partial charge in [0.05, 0.1) is 26.5 Å². The number of carbonyl (C=O) groups excluding carboxylic acids is 1. The van der Waals surface area contributed by atoms with Gasteiger partial charge in [0.25, 0.3) is 0 Å². The number of aliphatic hydroxyl groups is 1. The summed E-state index contributed by atoms with van der Waals surface area (Å²) >= 11 is 4.73. The zero-order chi connectivity index (χ0) is 29.7. The summed E-state index contributed by atoms with van der Waals surface area (Å²) in [5.41, 5.74) is 7.31. The van der Waals surface area contributed by atoms with Gasteiger partial charge < -0.3 is 20.9 Å². The molecule has 0 saturated heterocycles. The van der Waals surface area contributed by atoms with Crippen LogP contribution in [-0.2, 0) is 21.2 Å². The van der Waals surface area contributed by atoms with Crippen molar-refractivity contribution >= 4 is 48.5 Å². The van der Waals surface area contributed by atoms with Crippen LogP contribution >= 0.6 is 27.3 Å². The molecule has 1 aromatic heterocycles. The van der Waals surface area contributed by atoms with Crippen LogP contribution in [0.2, 0.25) is 0 Å². The van der Waals surface area contributed by atoms with Crippen LogP contribution < -0.4 is 11.1 Å². The molecule has 0 aliphatic heterocycles. The summed E-state index contributed by atoms with van der Waals surface area (Å²) < 4.78 is 35.0. The number of nitrogens with one attached hydrogen (secondary N) is 1. The molecule has 0 aliphatic carbocycles. The summed E-state index contributed by atoms with van der Waals surface area (Å²) in [6, 6.07) is 15.0. The van der Waals surface area contributed by atoms with Gasteiger partial charge in [0.15, 0.2) is 5.13 Å². The molecule has 0 saturated carbocycles. The molecule has 4 N–H and O–H groups in total. The normalized spacial score (nSPS) is 13.8. The van der Waals surface area contributed by atoms with E-state index >= 15 is 0 Å². The van der Waals surface area contributed by atoms with Gasteiger partial charge in [-0.1, -0.05) is 67.6 Å². The maximum atomic E-state index is 13.8. The number of aromatic nitrogens is 1. The van der Waals surface area contributed by atoms with Crippen LogP contribution in [0, 0.1) is 5.92 Å². The van der Waals surface area contributed by atoms with E-state index in [1.165, 1.54) is 27.8 Å². The van der Waals surface area contributed by atoms with E-state index < -0.39 is 33.9 Å². The second-order valence-electron chi connectivity index (χ2n) is 10.9. The van der Waals surface area contributed by atoms with Gasteiger partial charge in [-0.2, -0.15) is 4.31 Å². The number of carbonyl (C=O) groups is 1. The van der Waals surface area contributed by atoms with Crippen molar-refractivity contribution in [2.24, 2.45) is 5.92 Å². The fourth-order valence-corrected chi connectivity index (χ4v) is 7.07. The fraction of sp³-hybridized carbons (Fsp3) is 0.429. The van der Waals surface area contributed by atoms with Gasteiger partial charge >= 0.3 is 6.09 Å². The molecule has 3 aromatic rings. The molecule has 9 nitrogen and oxygen atoms in total. The van der Waals surface area contributed by atoms with E-state index in [0.29, 0.717) is 10.8 Å². The molecule has 0 aliphatic rings. The van der Waals surface area contributed by atoms with Crippen LogP contribution in [0.3, 0.4) is 0 Å². The van der Waals surface area contributed by atoms with Crippen molar-refractivity contribution in [3.63, 3.8) is 0 Å². The highest BCUT2D eigenvalue weighted by atomic mass is 79.9. The van der Waals surface area contributed by atoms with E-state index in [1.807, 2.05) is 44.2 Å². The van der Waals surface area contributed by atoms with E-state index in [9.17, 15) is 18.3 Å². The van der Waals surface area contributed by atoms with Crippen molar-refractivity contribution in [3.8, 4) is 11.3 Å². The van der Waals surface area contributed by atoms with Crippen molar-refractivity contribution < 1.29 is 23.1 Å². The van der Waals surface area contributed by atoms with E-state index in [1.54, 1.807) is 32.9 Å². The number of rotatable bonds is 11. The molecular weight excluding hydrogens is 616 g/mol. The fourth-order valence-electron chi connectivity index (χ4n) is 4.05. The number of benzene rings is 2. The number of hydrogen-bond donors (Lipinski definition) is 3. The average Bonchev–Trinajstić information content (AvgIpc) is 3.20. The van der Waals surface area contributed by atoms with Crippen molar-refractivity contribution in [3.05, 3.63) is 63.9 Å². The van der Waals surface area contributed by atoms with Crippen LogP contribution in [0.15, 0.2) is 63.3 Å². The standard InChI is InChI=1S/C28H37BrN4O5S2/c1-18(2)16-33(40(36,37)21-13-11-20(12-14-21)24-25(29)39-26(30)32-24)17-23(34)22(15-19-9-7-6-8-10-19)31-27(35)38-28(3,4)5/h6-14,18,22-23,34H,15-17H2,1-5H3,(H2,30,32)(H,31,35)/t22-,23+/m0/s1. The maximum absolute atomic E-state index is 13.8. The van der Waals surface area contributed by atoms with E-state index in [0.717, 1.165) is 14.9 Å². The number of halogens is 1. The van der Waals surface area contributed by atoms with Gasteiger partial charge in [-0.25, -0.2) is 18.2 Å². The summed E-state index contributed by atoms with van der Waals surface area (Å²) in [6.45, 7) is 9.02. The van der Waals surface area contributed by atoms with Crippen LogP contribution in [0.25, 0.3) is 11.3 Å². The molecule has 12 heteroatoms. The molecule has 3 rings (SSSR count). The molecule has 0 spiro atoms. The number of nitrogens with zero attached hydrogens (tertiary/aromatic N) is 2. The lowest BCUT2D eigenvalue weighted by Crippen LogP contribution is -2.51. The largest absolute Gasteiger partial charge is 0.444 e. The van der Waals surface area contributed by atoms with Gasteiger partial charge in [-0.15, -0.1) is 0 Å². The van der Waals surface area contributed by atoms with E-state index in [2.05, 4.69) is 26.2 Å². The van der Waals surface area contributed by atoms with Crippen molar-refractivity contribution in [2.45, 2.75) is 63.7 Å². The van der Waals surface area contributed by atoms with Gasteiger partial charge in [0, 0.05) is 18.7 Å². The summed E-state index contributed by atoms with van der Waals surface area (Å²) in [6.07, 6.45) is -1.61. The minimum Gasteiger partial charge on any atom is -0.444 e. The first-order valence-corrected chi connectivity index (χ1v) is 15.9. The first-order valence-electron chi connectivity index (χ1n) is 12.9. The third-order valence-electron chi connectivity index (χ3n) is 5.79. The number of anilines is 1. The van der Waals surface area contributed by atoms with Gasteiger partial charge in [0.1, 0.15) is 5.60 Å². The van der Waals surface area contributed by atoms with Crippen molar-refractivity contribution in [2.75, 3.05) is 18.8 Å². The number of alkyl carbamates (subject to hydrolysis) is 1. The zero-order valence-electron chi connectivity index (χ0n) is 23.3. The molecule has 0 radical (unpaired) electrons. The predicted octanol–water partition coefficient (Wildman–Crippen LogP) is 5.30. The topological polar surface area (TPSA) is 135 Å². The van der Waals surface area contributed by atoms with Crippen LogP contribution in [0.1, 0.15) is 40.2 Å². The maximum Gasteiger partial charge on any atom is 0.407 e. The molecular formula is C28H37BrN4O5S2. The smallest absolute Gasteiger partial charge is 0.407 e. The first-order chi connectivity index (χ1) is 18.7. The molecule has 2 atom stereocenters. The number of aliphatic hydroxyl groups excluding tert-OH is 1. The Labute approximate surface area is 248 Å². The minimum atomic E-state index is -3.98. The van der Waals surface area contributed by atoms with Crippen LogP contribution in [0.4, 0.5) is 9.93 Å². The number of amides is 1. The Morgan fingerprint density at radius 1 is 1.12 bits per heavy atom. The highest BCUT2D eigenvalue weighted by molar-refractivity contribution is 9.11. The Morgan fingerprint density at radius 3 is 2.27 bits per heavy atom. The van der Waals surface area contributed by atoms with Crippen LogP contribution in [0.5, 0.6) is 0 Å². The highest BCUT2D eigenvalue weighted by Crippen LogP contribution is 2.34. The Morgan fingerprint density at radius 2 is 1.75 bits per heavy atom. The Kier molecular flexibility index (Phi) is 10.8. The van der Waals surface area contributed by atoms with Crippen molar-refractivity contribution in [1.82, 2.24) is 14.6 Å². The molecule has 0 bridgehead atoms. The molecule has 0 fully saturated rings. The van der Waals surface area contributed by atoms with E-state index in [-0.39, 0.29) is 30.3 Å². The minimum absolute atomic E-state index is 0.0124. The summed E-state index contributed by atoms with van der Waals surface area (Å²) in [5, 5.41) is 14.5. The lowest BCUT2D eigenvalue weighted by molar-refractivity contribution is 0.0400. The van der Waals surface area contributed by atoms with E-state index in [4.69, 9.17) is 10.5 Å². The van der Waals surface area contributed by atoms with Crippen LogP contribution in [-0.4, -0.2) is 59.7 Å². The molecule has 218 valence electrons. The predicted molar refractivity (Wildman–Crippen MR) is 163 cm³/mol. The third kappa shape index (κ3) is 9.00.